The van der Waals surface area contributed by atoms with E-state index in [1.807, 2.05) is 13.8 Å². The summed E-state index contributed by atoms with van der Waals surface area (Å²) in [4.78, 5) is 33.6. The highest BCUT2D eigenvalue weighted by Crippen LogP contribution is 2.35. The molecule has 0 aromatic heterocycles. The molecule has 0 aliphatic heterocycles. The van der Waals surface area contributed by atoms with E-state index in [1.165, 1.54) is 0 Å². The molecule has 1 fully saturated rings. The minimum absolute atomic E-state index is 0.0860. The molecule has 0 atom stereocenters. The molecular formula is C12H20N2O4. The number of hydrogen-bond acceptors (Lipinski definition) is 3. The fraction of sp³-hybridized carbons (Fsp3) is 0.750. The quantitative estimate of drug-likeness (QED) is 0.615. The molecule has 3 N–H and O–H groups in total. The maximum Gasteiger partial charge on any atom is 0.329 e. The lowest BCUT2D eigenvalue weighted by Crippen LogP contribution is -2.43. The maximum atomic E-state index is 11.5. The fourth-order valence-electron chi connectivity index (χ4n) is 1.65. The molecule has 2 amide bonds. The van der Waals surface area contributed by atoms with E-state index in [1.54, 1.807) is 0 Å². The number of carboxylic acids is 1. The van der Waals surface area contributed by atoms with Crippen LogP contribution in [0.5, 0.6) is 0 Å². The zero-order valence-electron chi connectivity index (χ0n) is 10.8. The van der Waals surface area contributed by atoms with Crippen molar-refractivity contribution in [1.82, 2.24) is 10.6 Å². The standard InChI is InChI=1S/C12H20N2O4/c1-8(2)13-9(15)4-3-5-10(16)14-12(6-7-12)11(17)18/h8H,3-7H2,1-2H3,(H,13,15)(H,14,16)(H,17,18). The predicted octanol–water partition coefficient (Wildman–Crippen LogP) is 0.415. The predicted molar refractivity (Wildman–Crippen MR) is 64.9 cm³/mol. The van der Waals surface area contributed by atoms with Crippen molar-refractivity contribution in [3.05, 3.63) is 0 Å². The number of rotatable bonds is 7. The van der Waals surface area contributed by atoms with Crippen LogP contribution >= 0.6 is 0 Å². The average Bonchev–Trinajstić information content (AvgIpc) is 2.97. The molecule has 0 saturated heterocycles. The number of nitrogens with one attached hydrogen (secondary N) is 2. The molecule has 0 unspecified atom stereocenters. The summed E-state index contributed by atoms with van der Waals surface area (Å²) >= 11 is 0. The Morgan fingerprint density at radius 3 is 2.17 bits per heavy atom. The SMILES string of the molecule is CC(C)NC(=O)CCCC(=O)NC1(C(=O)O)CC1. The number of amides is 2. The third-order valence-corrected chi connectivity index (χ3v) is 2.80. The first-order valence-electron chi connectivity index (χ1n) is 6.19. The molecule has 0 radical (unpaired) electrons. The average molecular weight is 256 g/mol. The summed E-state index contributed by atoms with van der Waals surface area (Å²) in [6, 6.07) is 0.0908. The molecule has 18 heavy (non-hydrogen) atoms. The molecule has 1 aliphatic carbocycles. The van der Waals surface area contributed by atoms with Crippen LogP contribution in [0, 0.1) is 0 Å². The number of aliphatic carboxylic acids is 1. The zero-order valence-corrected chi connectivity index (χ0v) is 10.8. The van der Waals surface area contributed by atoms with E-state index in [9.17, 15) is 14.4 Å². The Hall–Kier alpha value is -1.59. The first kappa shape index (κ1) is 14.5. The van der Waals surface area contributed by atoms with Crippen LogP contribution in [-0.2, 0) is 14.4 Å². The van der Waals surface area contributed by atoms with Gasteiger partial charge in [-0.05, 0) is 33.1 Å². The van der Waals surface area contributed by atoms with Gasteiger partial charge in [0.2, 0.25) is 11.8 Å². The van der Waals surface area contributed by atoms with Crippen LogP contribution in [-0.4, -0.2) is 34.5 Å². The van der Waals surface area contributed by atoms with Gasteiger partial charge in [0.1, 0.15) is 5.54 Å². The summed E-state index contributed by atoms with van der Waals surface area (Å²) in [6.45, 7) is 3.74. The van der Waals surface area contributed by atoms with Gasteiger partial charge < -0.3 is 15.7 Å². The highest BCUT2D eigenvalue weighted by molar-refractivity contribution is 5.89. The van der Waals surface area contributed by atoms with Crippen LogP contribution < -0.4 is 10.6 Å². The van der Waals surface area contributed by atoms with Crippen molar-refractivity contribution in [3.63, 3.8) is 0 Å². The minimum Gasteiger partial charge on any atom is -0.480 e. The number of carbonyl (C=O) groups is 3. The molecular weight excluding hydrogens is 236 g/mol. The second-order valence-corrected chi connectivity index (χ2v) is 5.01. The van der Waals surface area contributed by atoms with Gasteiger partial charge in [-0.3, -0.25) is 9.59 Å². The van der Waals surface area contributed by atoms with Crippen molar-refractivity contribution in [2.75, 3.05) is 0 Å². The number of carboxylic acid groups (broad SMARTS) is 1. The molecule has 0 heterocycles. The van der Waals surface area contributed by atoms with Crippen LogP contribution in [0.4, 0.5) is 0 Å². The van der Waals surface area contributed by atoms with Crippen LogP contribution in [0.25, 0.3) is 0 Å². The van der Waals surface area contributed by atoms with Crippen LogP contribution in [0.3, 0.4) is 0 Å². The van der Waals surface area contributed by atoms with Gasteiger partial charge in [-0.1, -0.05) is 0 Å². The van der Waals surface area contributed by atoms with Gasteiger partial charge in [0, 0.05) is 18.9 Å². The molecule has 1 saturated carbocycles. The Balaban J connectivity index is 2.18. The second kappa shape index (κ2) is 5.84. The summed E-state index contributed by atoms with van der Waals surface area (Å²) in [6.07, 6.45) is 1.87. The molecule has 0 aromatic carbocycles. The molecule has 0 spiro atoms. The van der Waals surface area contributed by atoms with E-state index in [0.717, 1.165) is 0 Å². The van der Waals surface area contributed by atoms with Crippen LogP contribution in [0.1, 0.15) is 46.0 Å². The summed E-state index contributed by atoms with van der Waals surface area (Å²) < 4.78 is 0. The van der Waals surface area contributed by atoms with Crippen molar-refractivity contribution in [1.29, 1.82) is 0 Å². The normalized spacial score (nSPS) is 16.2. The lowest BCUT2D eigenvalue weighted by Gasteiger charge is -2.12. The van der Waals surface area contributed by atoms with E-state index in [0.29, 0.717) is 19.3 Å². The third-order valence-electron chi connectivity index (χ3n) is 2.80. The first-order chi connectivity index (χ1) is 8.35. The first-order valence-corrected chi connectivity index (χ1v) is 6.19. The summed E-state index contributed by atoms with van der Waals surface area (Å²) in [5, 5.41) is 14.1. The Bertz CT molecular complexity index is 348. The van der Waals surface area contributed by atoms with Crippen LogP contribution in [0.15, 0.2) is 0 Å². The molecule has 6 heteroatoms. The second-order valence-electron chi connectivity index (χ2n) is 5.01. The van der Waals surface area contributed by atoms with Crippen molar-refractivity contribution in [2.24, 2.45) is 0 Å². The highest BCUT2D eigenvalue weighted by atomic mass is 16.4. The van der Waals surface area contributed by atoms with Gasteiger partial charge in [0.05, 0.1) is 0 Å². The van der Waals surface area contributed by atoms with E-state index in [-0.39, 0.29) is 30.7 Å². The van der Waals surface area contributed by atoms with E-state index in [2.05, 4.69) is 10.6 Å². The minimum atomic E-state index is -1.03. The van der Waals surface area contributed by atoms with Crippen LogP contribution in [0.2, 0.25) is 0 Å². The van der Waals surface area contributed by atoms with Gasteiger partial charge in [-0.15, -0.1) is 0 Å². The van der Waals surface area contributed by atoms with Gasteiger partial charge in [-0.2, -0.15) is 0 Å². The highest BCUT2D eigenvalue weighted by Gasteiger charge is 2.51. The van der Waals surface area contributed by atoms with Crippen molar-refractivity contribution < 1.29 is 19.5 Å². The molecule has 1 rings (SSSR count). The largest absolute Gasteiger partial charge is 0.480 e. The Morgan fingerprint density at radius 2 is 1.72 bits per heavy atom. The molecule has 6 nitrogen and oxygen atoms in total. The zero-order chi connectivity index (χ0) is 13.8. The van der Waals surface area contributed by atoms with Gasteiger partial charge in [0.25, 0.3) is 0 Å². The Labute approximate surface area is 106 Å². The number of carbonyl (C=O) groups excluding carboxylic acids is 2. The van der Waals surface area contributed by atoms with Crippen molar-refractivity contribution in [2.45, 2.75) is 57.5 Å². The van der Waals surface area contributed by atoms with E-state index in [4.69, 9.17) is 5.11 Å². The van der Waals surface area contributed by atoms with Gasteiger partial charge >= 0.3 is 5.97 Å². The monoisotopic (exact) mass is 256 g/mol. The van der Waals surface area contributed by atoms with Crippen molar-refractivity contribution in [3.8, 4) is 0 Å². The fourth-order valence-corrected chi connectivity index (χ4v) is 1.65. The molecule has 1 aliphatic rings. The topological polar surface area (TPSA) is 95.5 Å². The number of hydrogen-bond donors (Lipinski definition) is 3. The Morgan fingerprint density at radius 1 is 1.17 bits per heavy atom. The van der Waals surface area contributed by atoms with E-state index >= 15 is 0 Å². The third kappa shape index (κ3) is 4.35. The van der Waals surface area contributed by atoms with Gasteiger partial charge in [0.15, 0.2) is 0 Å². The summed E-state index contributed by atoms with van der Waals surface area (Å²) in [5.41, 5.74) is -1.03. The maximum absolute atomic E-state index is 11.5. The smallest absolute Gasteiger partial charge is 0.329 e. The lowest BCUT2D eigenvalue weighted by molar-refractivity contribution is -0.143. The molecule has 102 valence electrons. The summed E-state index contributed by atoms with van der Waals surface area (Å²) in [5.74, 6) is -1.36. The molecule has 0 aromatic rings. The molecule has 0 bridgehead atoms. The van der Waals surface area contributed by atoms with Crippen molar-refractivity contribution >= 4 is 17.8 Å². The summed E-state index contributed by atoms with van der Waals surface area (Å²) in [7, 11) is 0. The Kier molecular flexibility index (Phi) is 4.69. The lowest BCUT2D eigenvalue weighted by atomic mass is 10.2. The van der Waals surface area contributed by atoms with E-state index < -0.39 is 11.5 Å². The van der Waals surface area contributed by atoms with Gasteiger partial charge in [-0.25, -0.2) is 4.79 Å².